The molecule has 0 aromatic heterocycles. The van der Waals surface area contributed by atoms with E-state index in [1.165, 1.54) is 31.4 Å². The summed E-state index contributed by atoms with van der Waals surface area (Å²) >= 11 is 0. The maximum Gasteiger partial charge on any atom is 0.225 e. The molecule has 1 aliphatic heterocycles. The fraction of sp³-hybridized carbons (Fsp3) is 0.600. The first kappa shape index (κ1) is 22.7. The van der Waals surface area contributed by atoms with E-state index in [9.17, 15) is 14.3 Å². The van der Waals surface area contributed by atoms with Gasteiger partial charge in [-0.25, -0.2) is 4.39 Å². The van der Waals surface area contributed by atoms with Gasteiger partial charge in [-0.2, -0.15) is 0 Å². The fourth-order valence-electron chi connectivity index (χ4n) is 3.92. The number of phenolic OH excluding ortho intramolecular Hbond substituents is 1. The summed E-state index contributed by atoms with van der Waals surface area (Å²) in [4.78, 5) is 18.9. The third-order valence-electron chi connectivity index (χ3n) is 5.49. The van der Waals surface area contributed by atoms with E-state index in [0.717, 1.165) is 25.8 Å². The molecular formula is C20H30FIN4O2. The van der Waals surface area contributed by atoms with E-state index in [1.807, 2.05) is 4.90 Å². The van der Waals surface area contributed by atoms with Crippen LogP contribution < -0.4 is 10.6 Å². The van der Waals surface area contributed by atoms with Crippen LogP contribution in [0, 0.1) is 11.7 Å². The van der Waals surface area contributed by atoms with Gasteiger partial charge in [-0.05, 0) is 37.0 Å². The first-order valence-electron chi connectivity index (χ1n) is 9.80. The van der Waals surface area contributed by atoms with Crippen molar-refractivity contribution in [3.8, 4) is 5.75 Å². The Morgan fingerprint density at radius 3 is 2.71 bits per heavy atom. The molecule has 1 atom stereocenters. The number of halogens is 2. The summed E-state index contributed by atoms with van der Waals surface area (Å²) in [5, 5.41) is 15.8. The van der Waals surface area contributed by atoms with Crippen LogP contribution in [0.4, 0.5) is 4.39 Å². The minimum atomic E-state index is -0.634. The van der Waals surface area contributed by atoms with Gasteiger partial charge >= 0.3 is 0 Å². The highest BCUT2D eigenvalue weighted by molar-refractivity contribution is 14.0. The fourth-order valence-corrected chi connectivity index (χ4v) is 3.92. The minimum absolute atomic E-state index is 0. The van der Waals surface area contributed by atoms with Crippen molar-refractivity contribution in [2.75, 3.05) is 20.1 Å². The van der Waals surface area contributed by atoms with Crippen LogP contribution in [-0.4, -0.2) is 48.1 Å². The number of amides is 1. The Morgan fingerprint density at radius 1 is 1.29 bits per heavy atom. The van der Waals surface area contributed by atoms with E-state index in [4.69, 9.17) is 0 Å². The van der Waals surface area contributed by atoms with Gasteiger partial charge in [0.05, 0.1) is 0 Å². The number of carbonyl (C=O) groups excluding carboxylic acids is 1. The van der Waals surface area contributed by atoms with Gasteiger partial charge in [-0.3, -0.25) is 9.79 Å². The SMILES string of the molecule is CN=C(NCc1ccc(O)c(F)c1)NC1CCN(C(=O)C2CCCCC2)C1.I. The number of hydrogen-bond donors (Lipinski definition) is 3. The van der Waals surface area contributed by atoms with E-state index in [0.29, 0.717) is 30.5 Å². The smallest absolute Gasteiger partial charge is 0.225 e. The Bertz CT molecular complexity index is 695. The molecule has 1 amide bonds. The highest BCUT2D eigenvalue weighted by atomic mass is 127. The molecular weight excluding hydrogens is 474 g/mol. The van der Waals surface area contributed by atoms with Crippen LogP contribution in [0.15, 0.2) is 23.2 Å². The molecule has 3 N–H and O–H groups in total. The first-order chi connectivity index (χ1) is 13.1. The van der Waals surface area contributed by atoms with Crippen molar-refractivity contribution in [3.05, 3.63) is 29.6 Å². The highest BCUT2D eigenvalue weighted by Gasteiger charge is 2.31. The Labute approximate surface area is 183 Å². The van der Waals surface area contributed by atoms with Crippen LogP contribution in [0.3, 0.4) is 0 Å². The zero-order chi connectivity index (χ0) is 19.2. The molecule has 1 unspecified atom stereocenters. The molecule has 1 saturated heterocycles. The Morgan fingerprint density at radius 2 is 2.04 bits per heavy atom. The number of benzene rings is 1. The Kier molecular flexibility index (Phi) is 8.78. The topological polar surface area (TPSA) is 77.0 Å². The monoisotopic (exact) mass is 504 g/mol. The van der Waals surface area contributed by atoms with Gasteiger partial charge in [-0.15, -0.1) is 24.0 Å². The van der Waals surface area contributed by atoms with Crippen LogP contribution in [0.5, 0.6) is 5.75 Å². The third-order valence-corrected chi connectivity index (χ3v) is 5.49. The quantitative estimate of drug-likeness (QED) is 0.335. The number of nitrogens with zero attached hydrogens (tertiary/aromatic N) is 2. The van der Waals surface area contributed by atoms with Crippen molar-refractivity contribution in [2.24, 2.45) is 10.9 Å². The summed E-state index contributed by atoms with van der Waals surface area (Å²) in [6, 6.07) is 4.48. The first-order valence-corrected chi connectivity index (χ1v) is 9.80. The van der Waals surface area contributed by atoms with Gasteiger partial charge in [0.2, 0.25) is 5.91 Å². The molecule has 6 nitrogen and oxygen atoms in total. The normalized spacial score (nSPS) is 20.6. The summed E-state index contributed by atoms with van der Waals surface area (Å²) in [6.45, 7) is 1.88. The molecule has 0 spiro atoms. The molecule has 1 aromatic carbocycles. The van der Waals surface area contributed by atoms with Gasteiger partial charge in [0, 0.05) is 38.6 Å². The van der Waals surface area contributed by atoms with Crippen LogP contribution in [0.1, 0.15) is 44.1 Å². The number of nitrogens with one attached hydrogen (secondary N) is 2. The molecule has 8 heteroatoms. The van der Waals surface area contributed by atoms with Crippen molar-refractivity contribution >= 4 is 35.8 Å². The largest absolute Gasteiger partial charge is 0.505 e. The molecule has 2 aliphatic rings. The molecule has 2 fully saturated rings. The van der Waals surface area contributed by atoms with E-state index in [-0.39, 0.29) is 41.7 Å². The molecule has 0 bridgehead atoms. The number of likely N-dealkylation sites (tertiary alicyclic amines) is 1. The standard InChI is InChI=1S/C20H29FN4O2.HI/c1-22-20(23-12-14-7-8-18(26)17(21)11-14)24-16-9-10-25(13-16)19(27)15-5-3-2-4-6-15;/h7-8,11,15-16,26H,2-6,9-10,12-13H2,1H3,(H2,22,23,24);1H. The lowest BCUT2D eigenvalue weighted by Crippen LogP contribution is -2.45. The molecule has 1 saturated carbocycles. The lowest BCUT2D eigenvalue weighted by molar-refractivity contribution is -0.135. The number of guanidine groups is 1. The molecule has 1 aliphatic carbocycles. The van der Waals surface area contributed by atoms with Gasteiger partial charge in [0.15, 0.2) is 17.5 Å². The predicted molar refractivity (Wildman–Crippen MR) is 118 cm³/mol. The average molecular weight is 504 g/mol. The number of phenols is 1. The van der Waals surface area contributed by atoms with Crippen molar-refractivity contribution in [1.82, 2.24) is 15.5 Å². The molecule has 156 valence electrons. The van der Waals surface area contributed by atoms with Gasteiger partial charge in [0.25, 0.3) is 0 Å². The second kappa shape index (κ2) is 10.8. The zero-order valence-corrected chi connectivity index (χ0v) is 18.6. The predicted octanol–water partition coefficient (Wildman–Crippen LogP) is 3.00. The van der Waals surface area contributed by atoms with Crippen molar-refractivity contribution in [3.63, 3.8) is 0 Å². The summed E-state index contributed by atoms with van der Waals surface area (Å²) in [5.41, 5.74) is 0.716. The van der Waals surface area contributed by atoms with E-state index < -0.39 is 5.82 Å². The van der Waals surface area contributed by atoms with Crippen molar-refractivity contribution in [1.29, 1.82) is 0 Å². The Balaban J connectivity index is 0.00000280. The van der Waals surface area contributed by atoms with Crippen molar-refractivity contribution in [2.45, 2.75) is 51.1 Å². The van der Waals surface area contributed by atoms with Crippen molar-refractivity contribution < 1.29 is 14.3 Å². The third kappa shape index (κ3) is 5.96. The lowest BCUT2D eigenvalue weighted by atomic mass is 9.88. The second-order valence-electron chi connectivity index (χ2n) is 7.46. The van der Waals surface area contributed by atoms with E-state index in [2.05, 4.69) is 15.6 Å². The second-order valence-corrected chi connectivity index (χ2v) is 7.46. The van der Waals surface area contributed by atoms with E-state index in [1.54, 1.807) is 13.1 Å². The molecule has 0 radical (unpaired) electrons. The molecule has 1 heterocycles. The minimum Gasteiger partial charge on any atom is -0.505 e. The molecule has 3 rings (SSSR count). The Hall–Kier alpha value is -1.58. The van der Waals surface area contributed by atoms with Crippen LogP contribution in [-0.2, 0) is 11.3 Å². The summed E-state index contributed by atoms with van der Waals surface area (Å²) in [6.07, 6.45) is 6.54. The number of carbonyl (C=O) groups is 1. The van der Waals surface area contributed by atoms with E-state index >= 15 is 0 Å². The number of hydrogen-bond acceptors (Lipinski definition) is 3. The maximum atomic E-state index is 13.4. The lowest BCUT2D eigenvalue weighted by Gasteiger charge is -2.26. The maximum absolute atomic E-state index is 13.4. The van der Waals surface area contributed by atoms with Gasteiger partial charge in [-0.1, -0.05) is 25.3 Å². The average Bonchev–Trinajstić information content (AvgIpc) is 3.16. The number of aliphatic imine (C=N–C) groups is 1. The molecule has 1 aromatic rings. The van der Waals surface area contributed by atoms with Crippen LogP contribution in [0.2, 0.25) is 0 Å². The number of aromatic hydroxyl groups is 1. The van der Waals surface area contributed by atoms with Crippen LogP contribution in [0.25, 0.3) is 0 Å². The summed E-state index contributed by atoms with van der Waals surface area (Å²) in [5.74, 6) is 0.154. The highest BCUT2D eigenvalue weighted by Crippen LogP contribution is 2.26. The van der Waals surface area contributed by atoms with Gasteiger partial charge < -0.3 is 20.6 Å². The summed E-state index contributed by atoms with van der Waals surface area (Å²) < 4.78 is 13.4. The number of rotatable bonds is 4. The van der Waals surface area contributed by atoms with Gasteiger partial charge in [0.1, 0.15) is 0 Å². The molecule has 28 heavy (non-hydrogen) atoms. The summed E-state index contributed by atoms with van der Waals surface area (Å²) in [7, 11) is 1.69. The van der Waals surface area contributed by atoms with Crippen LogP contribution >= 0.6 is 24.0 Å². The zero-order valence-electron chi connectivity index (χ0n) is 16.3.